The first-order valence-electron chi connectivity index (χ1n) is 9.30. The lowest BCUT2D eigenvalue weighted by molar-refractivity contribution is -0.135. The molecular formula is C18H32N2O2. The van der Waals surface area contributed by atoms with Crippen LogP contribution in [0, 0.1) is 17.8 Å². The van der Waals surface area contributed by atoms with Crippen LogP contribution in [0.5, 0.6) is 0 Å². The maximum absolute atomic E-state index is 12.6. The van der Waals surface area contributed by atoms with Gasteiger partial charge in [0.1, 0.15) is 0 Å². The summed E-state index contributed by atoms with van der Waals surface area (Å²) in [7, 11) is 0. The number of hydrogen-bond donors (Lipinski definition) is 0. The molecule has 3 aliphatic rings. The van der Waals surface area contributed by atoms with Crippen LogP contribution < -0.4 is 0 Å². The van der Waals surface area contributed by atoms with Gasteiger partial charge in [-0.15, -0.1) is 0 Å². The zero-order valence-corrected chi connectivity index (χ0v) is 14.3. The maximum atomic E-state index is 12.6. The Hall–Kier alpha value is -0.610. The molecule has 4 nitrogen and oxygen atoms in total. The summed E-state index contributed by atoms with van der Waals surface area (Å²) < 4.78 is 5.58. The Morgan fingerprint density at radius 3 is 2.68 bits per heavy atom. The summed E-state index contributed by atoms with van der Waals surface area (Å²) in [5.74, 6) is 2.09. The van der Waals surface area contributed by atoms with Gasteiger partial charge in [0, 0.05) is 26.2 Å². The largest absolute Gasteiger partial charge is 0.378 e. The number of likely N-dealkylation sites (tertiary alicyclic amines) is 2. The molecule has 2 saturated heterocycles. The molecule has 3 atom stereocenters. The monoisotopic (exact) mass is 308 g/mol. The normalized spacial score (nSPS) is 33.9. The van der Waals surface area contributed by atoms with E-state index in [2.05, 4.69) is 16.7 Å². The number of carbonyl (C=O) groups is 1. The average Bonchev–Trinajstić information content (AvgIpc) is 3.29. The molecule has 0 unspecified atom stereocenters. The minimum Gasteiger partial charge on any atom is -0.378 e. The second-order valence-electron chi connectivity index (χ2n) is 7.61. The summed E-state index contributed by atoms with van der Waals surface area (Å²) >= 11 is 0. The highest BCUT2D eigenvalue weighted by molar-refractivity contribution is 5.82. The third-order valence-corrected chi connectivity index (χ3v) is 5.65. The third kappa shape index (κ3) is 4.02. The Kier molecular flexibility index (Phi) is 5.40. The molecule has 1 saturated carbocycles. The molecule has 4 heteroatoms. The van der Waals surface area contributed by atoms with E-state index in [0.717, 1.165) is 32.0 Å². The highest BCUT2D eigenvalue weighted by Gasteiger charge is 2.46. The third-order valence-electron chi connectivity index (χ3n) is 5.65. The summed E-state index contributed by atoms with van der Waals surface area (Å²) in [6, 6.07) is 0. The second-order valence-corrected chi connectivity index (χ2v) is 7.61. The van der Waals surface area contributed by atoms with Crippen molar-refractivity contribution in [3.8, 4) is 0 Å². The van der Waals surface area contributed by atoms with Crippen LogP contribution in [0.1, 0.15) is 46.0 Å². The first-order valence-corrected chi connectivity index (χ1v) is 9.30. The Morgan fingerprint density at radius 1 is 1.18 bits per heavy atom. The standard InChI is InChI=1S/C18H32N2O2/c1-3-22-17-11-16(17)18(21)20-8-4-5-15(13-20)12-19-9-6-14(2)7-10-19/h14-17H,3-13H2,1-2H3/t15-,16-,17+/m0/s1. The number of hydrogen-bond acceptors (Lipinski definition) is 3. The zero-order valence-electron chi connectivity index (χ0n) is 14.3. The fourth-order valence-corrected chi connectivity index (χ4v) is 4.09. The number of carbonyl (C=O) groups excluding carboxylic acids is 1. The quantitative estimate of drug-likeness (QED) is 0.782. The van der Waals surface area contributed by atoms with Gasteiger partial charge in [0.2, 0.25) is 5.91 Å². The summed E-state index contributed by atoms with van der Waals surface area (Å²) in [6.07, 6.45) is 6.29. The Balaban J connectivity index is 1.44. The molecule has 0 aromatic rings. The van der Waals surface area contributed by atoms with E-state index in [1.165, 1.54) is 45.3 Å². The smallest absolute Gasteiger partial charge is 0.228 e. The number of nitrogens with zero attached hydrogens (tertiary/aromatic N) is 2. The highest BCUT2D eigenvalue weighted by atomic mass is 16.5. The first kappa shape index (κ1) is 16.3. The first-order chi connectivity index (χ1) is 10.7. The van der Waals surface area contributed by atoms with Crippen LogP contribution in [-0.2, 0) is 9.53 Å². The molecule has 1 amide bonds. The van der Waals surface area contributed by atoms with Gasteiger partial charge in [0.15, 0.2) is 0 Å². The van der Waals surface area contributed by atoms with Crippen LogP contribution in [0.25, 0.3) is 0 Å². The zero-order chi connectivity index (χ0) is 15.5. The van der Waals surface area contributed by atoms with Gasteiger partial charge in [-0.05, 0) is 64.0 Å². The van der Waals surface area contributed by atoms with E-state index >= 15 is 0 Å². The molecule has 2 heterocycles. The highest BCUT2D eigenvalue weighted by Crippen LogP contribution is 2.36. The van der Waals surface area contributed by atoms with Gasteiger partial charge in [-0.25, -0.2) is 0 Å². The maximum Gasteiger partial charge on any atom is 0.228 e. The van der Waals surface area contributed by atoms with Gasteiger partial charge in [0.25, 0.3) is 0 Å². The van der Waals surface area contributed by atoms with Crippen molar-refractivity contribution in [1.29, 1.82) is 0 Å². The van der Waals surface area contributed by atoms with Crippen LogP contribution in [0.4, 0.5) is 0 Å². The Morgan fingerprint density at radius 2 is 1.95 bits per heavy atom. The van der Waals surface area contributed by atoms with E-state index in [4.69, 9.17) is 4.74 Å². The predicted octanol–water partition coefficient (Wildman–Crippen LogP) is 2.38. The Labute approximate surface area is 135 Å². The van der Waals surface area contributed by atoms with Crippen LogP contribution in [-0.4, -0.2) is 61.1 Å². The van der Waals surface area contributed by atoms with Crippen molar-refractivity contribution in [2.45, 2.75) is 52.1 Å². The minimum absolute atomic E-state index is 0.162. The van der Waals surface area contributed by atoms with E-state index in [0.29, 0.717) is 11.8 Å². The molecule has 3 rings (SSSR count). The van der Waals surface area contributed by atoms with Crippen LogP contribution in [0.15, 0.2) is 0 Å². The van der Waals surface area contributed by atoms with Gasteiger partial charge in [-0.1, -0.05) is 6.92 Å². The van der Waals surface area contributed by atoms with Crippen LogP contribution >= 0.6 is 0 Å². The molecule has 0 spiro atoms. The molecular weight excluding hydrogens is 276 g/mol. The minimum atomic E-state index is 0.162. The molecule has 0 aromatic carbocycles. The lowest BCUT2D eigenvalue weighted by Crippen LogP contribution is -2.46. The molecule has 126 valence electrons. The second kappa shape index (κ2) is 7.31. The number of piperidine rings is 2. The van der Waals surface area contributed by atoms with Crippen molar-refractivity contribution in [3.63, 3.8) is 0 Å². The topological polar surface area (TPSA) is 32.8 Å². The number of rotatable bonds is 5. The molecule has 0 N–H and O–H groups in total. The van der Waals surface area contributed by atoms with E-state index in [1.54, 1.807) is 0 Å². The summed E-state index contributed by atoms with van der Waals surface area (Å²) in [6.45, 7) is 10.7. The van der Waals surface area contributed by atoms with Gasteiger partial charge < -0.3 is 14.5 Å². The van der Waals surface area contributed by atoms with Gasteiger partial charge in [-0.2, -0.15) is 0 Å². The number of ether oxygens (including phenoxy) is 1. The molecule has 0 radical (unpaired) electrons. The molecule has 1 aliphatic carbocycles. The lowest BCUT2D eigenvalue weighted by Gasteiger charge is -2.38. The molecule has 0 bridgehead atoms. The van der Waals surface area contributed by atoms with Gasteiger partial charge in [0.05, 0.1) is 12.0 Å². The van der Waals surface area contributed by atoms with Gasteiger partial charge in [-0.3, -0.25) is 4.79 Å². The Bertz CT molecular complexity index is 379. The fraction of sp³-hybridized carbons (Fsp3) is 0.944. The van der Waals surface area contributed by atoms with E-state index in [9.17, 15) is 4.79 Å². The summed E-state index contributed by atoms with van der Waals surface area (Å²) in [5.41, 5.74) is 0. The van der Waals surface area contributed by atoms with Crippen molar-refractivity contribution in [1.82, 2.24) is 9.80 Å². The van der Waals surface area contributed by atoms with Gasteiger partial charge >= 0.3 is 0 Å². The average molecular weight is 308 g/mol. The van der Waals surface area contributed by atoms with Crippen molar-refractivity contribution in [3.05, 3.63) is 0 Å². The molecule has 3 fully saturated rings. The van der Waals surface area contributed by atoms with Crippen molar-refractivity contribution in [2.75, 3.05) is 39.3 Å². The SMILES string of the molecule is CCO[C@@H]1C[C@@H]1C(=O)N1CCC[C@@H](CN2CCC(C)CC2)C1. The van der Waals surface area contributed by atoms with Crippen molar-refractivity contribution < 1.29 is 9.53 Å². The number of amides is 1. The van der Waals surface area contributed by atoms with Crippen LogP contribution in [0.3, 0.4) is 0 Å². The summed E-state index contributed by atoms with van der Waals surface area (Å²) in [4.78, 5) is 17.3. The van der Waals surface area contributed by atoms with Crippen molar-refractivity contribution in [2.24, 2.45) is 17.8 Å². The lowest BCUT2D eigenvalue weighted by atomic mass is 9.94. The fourth-order valence-electron chi connectivity index (χ4n) is 4.09. The summed E-state index contributed by atoms with van der Waals surface area (Å²) in [5, 5.41) is 0. The van der Waals surface area contributed by atoms with E-state index in [-0.39, 0.29) is 12.0 Å². The van der Waals surface area contributed by atoms with Crippen LogP contribution in [0.2, 0.25) is 0 Å². The van der Waals surface area contributed by atoms with E-state index in [1.807, 2.05) is 6.92 Å². The van der Waals surface area contributed by atoms with Crippen molar-refractivity contribution >= 4 is 5.91 Å². The molecule has 2 aliphatic heterocycles. The molecule has 0 aromatic heterocycles. The predicted molar refractivity (Wildman–Crippen MR) is 87.7 cm³/mol. The molecule has 22 heavy (non-hydrogen) atoms. The van der Waals surface area contributed by atoms with E-state index < -0.39 is 0 Å².